The highest BCUT2D eigenvalue weighted by Crippen LogP contribution is 2.28. The molecule has 0 spiro atoms. The van der Waals surface area contributed by atoms with Crippen LogP contribution >= 0.6 is 0 Å². The van der Waals surface area contributed by atoms with Crippen LogP contribution in [-0.4, -0.2) is 26.0 Å². The molecule has 1 N–H and O–H groups in total. The van der Waals surface area contributed by atoms with Crippen molar-refractivity contribution in [1.82, 2.24) is 9.97 Å². The van der Waals surface area contributed by atoms with E-state index in [2.05, 4.69) is 9.97 Å². The van der Waals surface area contributed by atoms with Crippen LogP contribution in [0.3, 0.4) is 0 Å². The normalized spacial score (nSPS) is 10.1. The molecule has 1 heterocycles. The minimum absolute atomic E-state index is 0.0648. The Kier molecular flexibility index (Phi) is 4.07. The summed E-state index contributed by atoms with van der Waals surface area (Å²) in [6.07, 6.45) is 2.34. The van der Waals surface area contributed by atoms with Gasteiger partial charge in [-0.15, -0.1) is 0 Å². The van der Waals surface area contributed by atoms with Gasteiger partial charge in [-0.2, -0.15) is 0 Å². The van der Waals surface area contributed by atoms with Gasteiger partial charge in [-0.05, 0) is 18.6 Å². The van der Waals surface area contributed by atoms with Crippen molar-refractivity contribution in [3.63, 3.8) is 0 Å². The van der Waals surface area contributed by atoms with Crippen molar-refractivity contribution in [3.05, 3.63) is 57.7 Å². The van der Waals surface area contributed by atoms with Gasteiger partial charge >= 0.3 is 11.7 Å². The van der Waals surface area contributed by atoms with Gasteiger partial charge < -0.3 is 9.84 Å². The maximum Gasteiger partial charge on any atom is 0.339 e. The maximum atomic E-state index is 11.0. The Balaban J connectivity index is 2.27. The predicted octanol–water partition coefficient (Wildman–Crippen LogP) is 1.97. The van der Waals surface area contributed by atoms with E-state index >= 15 is 0 Å². The molecule has 0 saturated carbocycles. The lowest BCUT2D eigenvalue weighted by Crippen LogP contribution is -2.09. The molecule has 0 unspecified atom stereocenters. The lowest BCUT2D eigenvalue weighted by Gasteiger charge is -2.08. The second kappa shape index (κ2) is 5.95. The van der Waals surface area contributed by atoms with Crippen LogP contribution < -0.4 is 4.74 Å². The first-order chi connectivity index (χ1) is 9.99. The van der Waals surface area contributed by atoms with Crippen molar-refractivity contribution in [2.75, 3.05) is 0 Å². The number of benzene rings is 1. The lowest BCUT2D eigenvalue weighted by atomic mass is 10.2. The molecular formula is C13H11N3O5. The number of nitro benzene ring substituents is 1. The van der Waals surface area contributed by atoms with Crippen molar-refractivity contribution >= 4 is 11.7 Å². The summed E-state index contributed by atoms with van der Waals surface area (Å²) < 4.78 is 5.36. The number of carbonyl (C=O) groups is 1. The van der Waals surface area contributed by atoms with E-state index in [4.69, 9.17) is 9.84 Å². The topological polar surface area (TPSA) is 115 Å². The summed E-state index contributed by atoms with van der Waals surface area (Å²) in [5.74, 6) is -1.12. The molecule has 0 aliphatic carbocycles. The van der Waals surface area contributed by atoms with Gasteiger partial charge in [0.05, 0.1) is 10.6 Å². The van der Waals surface area contributed by atoms with E-state index in [0.717, 1.165) is 11.8 Å². The molecule has 0 radical (unpaired) electrons. The molecule has 21 heavy (non-hydrogen) atoms. The highest BCUT2D eigenvalue weighted by Gasteiger charge is 2.17. The van der Waals surface area contributed by atoms with Crippen molar-refractivity contribution in [2.24, 2.45) is 0 Å². The number of hydrogen-bond acceptors (Lipinski definition) is 6. The van der Waals surface area contributed by atoms with E-state index in [0.29, 0.717) is 0 Å². The quantitative estimate of drug-likeness (QED) is 0.660. The molecule has 108 valence electrons. The van der Waals surface area contributed by atoms with Crippen molar-refractivity contribution in [2.45, 2.75) is 13.5 Å². The Bertz CT molecular complexity index is 702. The fourth-order valence-corrected chi connectivity index (χ4v) is 1.68. The number of aromatic carboxylic acids is 1. The summed E-state index contributed by atoms with van der Waals surface area (Å²) in [6, 6.07) is 4.45. The Hall–Kier alpha value is -3.03. The van der Waals surface area contributed by atoms with E-state index in [1.807, 2.05) is 0 Å². The van der Waals surface area contributed by atoms with E-state index in [9.17, 15) is 14.9 Å². The molecule has 2 aromatic rings. The van der Waals surface area contributed by atoms with Gasteiger partial charge in [0.2, 0.25) is 0 Å². The first-order valence-corrected chi connectivity index (χ1v) is 5.89. The van der Waals surface area contributed by atoms with E-state index in [1.165, 1.54) is 18.5 Å². The van der Waals surface area contributed by atoms with Crippen LogP contribution in [0.2, 0.25) is 0 Å². The van der Waals surface area contributed by atoms with E-state index in [-0.39, 0.29) is 29.3 Å². The molecule has 0 atom stereocenters. The summed E-state index contributed by atoms with van der Waals surface area (Å²) in [5.41, 5.74) is 0.643. The molecule has 1 aromatic carbocycles. The molecule has 0 bridgehead atoms. The zero-order chi connectivity index (χ0) is 15.4. The minimum atomic E-state index is -1.19. The summed E-state index contributed by atoms with van der Waals surface area (Å²) in [7, 11) is 0. The second-order valence-electron chi connectivity index (χ2n) is 4.21. The number of carboxylic acid groups (broad SMARTS) is 1. The van der Waals surface area contributed by atoms with Crippen molar-refractivity contribution in [1.29, 1.82) is 0 Å². The SMILES string of the molecule is Cc1ccc([N+](=O)[O-])c(OCc2ncncc2C(=O)O)c1. The van der Waals surface area contributed by atoms with Crippen LogP contribution in [0.15, 0.2) is 30.7 Å². The van der Waals surface area contributed by atoms with Gasteiger partial charge in [-0.3, -0.25) is 10.1 Å². The van der Waals surface area contributed by atoms with Crippen LogP contribution in [0.1, 0.15) is 21.6 Å². The largest absolute Gasteiger partial charge is 0.480 e. The van der Waals surface area contributed by atoms with Gasteiger partial charge in [0.15, 0.2) is 5.75 Å². The molecule has 2 rings (SSSR count). The van der Waals surface area contributed by atoms with Gasteiger partial charge in [-0.1, -0.05) is 6.07 Å². The standard InChI is InChI=1S/C13H11N3O5/c1-8-2-3-11(16(19)20)12(4-8)21-6-10-9(13(17)18)5-14-7-15-10/h2-5,7H,6H2,1H3,(H,17,18). The highest BCUT2D eigenvalue weighted by atomic mass is 16.6. The third-order valence-corrected chi connectivity index (χ3v) is 2.70. The molecular weight excluding hydrogens is 278 g/mol. The fourth-order valence-electron chi connectivity index (χ4n) is 1.68. The van der Waals surface area contributed by atoms with Gasteiger partial charge in [0.25, 0.3) is 0 Å². The Labute approximate surface area is 119 Å². The van der Waals surface area contributed by atoms with Crippen LogP contribution in [0.5, 0.6) is 5.75 Å². The molecule has 0 fully saturated rings. The molecule has 0 aliphatic rings. The molecule has 0 aliphatic heterocycles. The third-order valence-electron chi connectivity index (χ3n) is 2.70. The number of hydrogen-bond donors (Lipinski definition) is 1. The first-order valence-electron chi connectivity index (χ1n) is 5.89. The number of ether oxygens (including phenoxy) is 1. The smallest absolute Gasteiger partial charge is 0.339 e. The number of nitrogens with zero attached hydrogens (tertiary/aromatic N) is 3. The molecule has 0 saturated heterocycles. The Morgan fingerprint density at radius 2 is 2.24 bits per heavy atom. The number of aryl methyl sites for hydroxylation is 1. The average Bonchev–Trinajstić information content (AvgIpc) is 2.45. The molecule has 1 aromatic heterocycles. The maximum absolute atomic E-state index is 11.0. The summed E-state index contributed by atoms with van der Waals surface area (Å²) in [4.78, 5) is 28.8. The summed E-state index contributed by atoms with van der Waals surface area (Å²) in [5, 5.41) is 19.9. The number of carboxylic acids is 1. The fraction of sp³-hybridized carbons (Fsp3) is 0.154. The van der Waals surface area contributed by atoms with Gasteiger partial charge in [0, 0.05) is 12.3 Å². The highest BCUT2D eigenvalue weighted by molar-refractivity contribution is 5.88. The van der Waals surface area contributed by atoms with Crippen LogP contribution in [0, 0.1) is 17.0 Å². The van der Waals surface area contributed by atoms with E-state index < -0.39 is 10.9 Å². The van der Waals surface area contributed by atoms with E-state index in [1.54, 1.807) is 13.0 Å². The zero-order valence-corrected chi connectivity index (χ0v) is 11.0. The Morgan fingerprint density at radius 1 is 1.48 bits per heavy atom. The van der Waals surface area contributed by atoms with Crippen molar-refractivity contribution in [3.8, 4) is 5.75 Å². The van der Waals surface area contributed by atoms with Crippen LogP contribution in [0.4, 0.5) is 5.69 Å². The Morgan fingerprint density at radius 3 is 2.90 bits per heavy atom. The second-order valence-corrected chi connectivity index (χ2v) is 4.21. The number of rotatable bonds is 5. The molecule has 8 nitrogen and oxygen atoms in total. The molecule has 8 heteroatoms. The lowest BCUT2D eigenvalue weighted by molar-refractivity contribution is -0.386. The summed E-state index contributed by atoms with van der Waals surface area (Å²) >= 11 is 0. The van der Waals surface area contributed by atoms with Gasteiger partial charge in [0.1, 0.15) is 18.5 Å². The predicted molar refractivity (Wildman–Crippen MR) is 71.2 cm³/mol. The zero-order valence-electron chi connectivity index (χ0n) is 11.0. The number of aromatic nitrogens is 2. The van der Waals surface area contributed by atoms with Crippen molar-refractivity contribution < 1.29 is 19.6 Å². The van der Waals surface area contributed by atoms with Crippen LogP contribution in [0.25, 0.3) is 0 Å². The molecule has 0 amide bonds. The van der Waals surface area contributed by atoms with Gasteiger partial charge in [-0.25, -0.2) is 14.8 Å². The number of nitro groups is 1. The first kappa shape index (κ1) is 14.4. The summed E-state index contributed by atoms with van der Waals surface area (Å²) in [6.45, 7) is 1.57. The third kappa shape index (κ3) is 3.30. The monoisotopic (exact) mass is 289 g/mol. The van der Waals surface area contributed by atoms with Crippen LogP contribution in [-0.2, 0) is 6.61 Å². The minimum Gasteiger partial charge on any atom is -0.480 e. The average molecular weight is 289 g/mol.